The Balaban J connectivity index is 2.50. The van der Waals surface area contributed by atoms with E-state index in [0.29, 0.717) is 0 Å². The van der Waals surface area contributed by atoms with Crippen LogP contribution < -0.4 is 11.1 Å². The molecule has 0 spiro atoms. The molecule has 0 bridgehead atoms. The Labute approximate surface area is 49.8 Å². The van der Waals surface area contributed by atoms with Gasteiger partial charge in [-0.1, -0.05) is 12.2 Å². The third kappa shape index (κ3) is 1.32. The van der Waals surface area contributed by atoms with Crippen LogP contribution in [0.5, 0.6) is 0 Å². The molecule has 0 fully saturated rings. The first-order valence-corrected chi connectivity index (χ1v) is 2.90. The maximum absolute atomic E-state index is 5.72. The van der Waals surface area contributed by atoms with Crippen molar-refractivity contribution in [1.82, 2.24) is 5.32 Å². The standard InChI is InChI=1S/C6H12N2/c1-6(7)4-2-3-5-8-6/h2-3,8H,4-5,7H2,1H3. The second kappa shape index (κ2) is 1.88. The van der Waals surface area contributed by atoms with Gasteiger partial charge in [0.2, 0.25) is 0 Å². The van der Waals surface area contributed by atoms with Crippen LogP contribution >= 0.6 is 0 Å². The van der Waals surface area contributed by atoms with Gasteiger partial charge in [-0.2, -0.15) is 0 Å². The SMILES string of the molecule is CC1(N)CC=CCN1. The van der Waals surface area contributed by atoms with E-state index in [1.54, 1.807) is 0 Å². The van der Waals surface area contributed by atoms with E-state index in [0.717, 1.165) is 13.0 Å². The number of rotatable bonds is 0. The lowest BCUT2D eigenvalue weighted by Gasteiger charge is -2.26. The molecule has 0 saturated carbocycles. The smallest absolute Gasteiger partial charge is 0.0670 e. The number of hydrogen-bond donors (Lipinski definition) is 2. The van der Waals surface area contributed by atoms with E-state index in [4.69, 9.17) is 5.73 Å². The van der Waals surface area contributed by atoms with Gasteiger partial charge < -0.3 is 5.73 Å². The van der Waals surface area contributed by atoms with Crippen molar-refractivity contribution in [3.63, 3.8) is 0 Å². The molecular formula is C6H12N2. The van der Waals surface area contributed by atoms with Crippen LogP contribution in [-0.4, -0.2) is 12.2 Å². The van der Waals surface area contributed by atoms with Crippen molar-refractivity contribution in [3.05, 3.63) is 12.2 Å². The van der Waals surface area contributed by atoms with Gasteiger partial charge >= 0.3 is 0 Å². The quantitative estimate of drug-likeness (QED) is 0.440. The minimum atomic E-state index is -0.158. The molecule has 3 N–H and O–H groups in total. The monoisotopic (exact) mass is 112 g/mol. The average Bonchev–Trinajstić information content (AvgIpc) is 1.65. The fraction of sp³-hybridized carbons (Fsp3) is 0.667. The summed E-state index contributed by atoms with van der Waals surface area (Å²) in [6.45, 7) is 2.91. The van der Waals surface area contributed by atoms with E-state index < -0.39 is 0 Å². The Kier molecular flexibility index (Phi) is 1.36. The molecule has 0 amide bonds. The van der Waals surface area contributed by atoms with Crippen LogP contribution in [0.25, 0.3) is 0 Å². The van der Waals surface area contributed by atoms with Gasteiger partial charge in [0.05, 0.1) is 5.66 Å². The highest BCUT2D eigenvalue weighted by Crippen LogP contribution is 2.04. The Morgan fingerprint density at radius 3 is 2.62 bits per heavy atom. The molecule has 0 aromatic carbocycles. The van der Waals surface area contributed by atoms with Crippen LogP contribution in [0.15, 0.2) is 12.2 Å². The van der Waals surface area contributed by atoms with E-state index in [2.05, 4.69) is 17.5 Å². The minimum absolute atomic E-state index is 0.158. The number of nitrogens with one attached hydrogen (secondary N) is 1. The van der Waals surface area contributed by atoms with E-state index >= 15 is 0 Å². The van der Waals surface area contributed by atoms with Crippen LogP contribution in [0.2, 0.25) is 0 Å². The van der Waals surface area contributed by atoms with Crippen molar-refractivity contribution in [3.8, 4) is 0 Å². The molecule has 1 aliphatic heterocycles. The highest BCUT2D eigenvalue weighted by Gasteiger charge is 2.16. The molecule has 0 aromatic heterocycles. The number of hydrogen-bond acceptors (Lipinski definition) is 2. The predicted molar refractivity (Wildman–Crippen MR) is 34.4 cm³/mol. The van der Waals surface area contributed by atoms with Crippen LogP contribution in [0, 0.1) is 0 Å². The maximum Gasteiger partial charge on any atom is 0.0670 e. The lowest BCUT2D eigenvalue weighted by atomic mass is 10.1. The lowest BCUT2D eigenvalue weighted by Crippen LogP contribution is -2.51. The number of nitrogens with two attached hydrogens (primary N) is 1. The zero-order valence-electron chi connectivity index (χ0n) is 5.15. The van der Waals surface area contributed by atoms with Gasteiger partial charge in [-0.05, 0) is 13.3 Å². The van der Waals surface area contributed by atoms with Gasteiger partial charge in [0.1, 0.15) is 0 Å². The summed E-state index contributed by atoms with van der Waals surface area (Å²) < 4.78 is 0. The second-order valence-corrected chi connectivity index (χ2v) is 2.47. The molecule has 1 rings (SSSR count). The molecule has 8 heavy (non-hydrogen) atoms. The lowest BCUT2D eigenvalue weighted by molar-refractivity contribution is 0.377. The van der Waals surface area contributed by atoms with Gasteiger partial charge in [0.25, 0.3) is 0 Å². The van der Waals surface area contributed by atoms with Crippen molar-refractivity contribution in [2.45, 2.75) is 19.0 Å². The first kappa shape index (κ1) is 5.79. The fourth-order valence-corrected chi connectivity index (χ4v) is 0.776. The maximum atomic E-state index is 5.72. The summed E-state index contributed by atoms with van der Waals surface area (Å²) in [5.74, 6) is 0. The first-order valence-electron chi connectivity index (χ1n) is 2.90. The molecule has 0 aliphatic carbocycles. The van der Waals surface area contributed by atoms with Crippen molar-refractivity contribution in [2.75, 3.05) is 6.54 Å². The summed E-state index contributed by atoms with van der Waals surface area (Å²) in [5.41, 5.74) is 5.56. The third-order valence-electron chi connectivity index (χ3n) is 1.33. The van der Waals surface area contributed by atoms with Crippen molar-refractivity contribution in [1.29, 1.82) is 0 Å². The summed E-state index contributed by atoms with van der Waals surface area (Å²) in [4.78, 5) is 0. The highest BCUT2D eigenvalue weighted by atomic mass is 15.1. The first-order chi connectivity index (χ1) is 3.71. The molecule has 1 heterocycles. The minimum Gasteiger partial charge on any atom is -0.313 e. The zero-order valence-corrected chi connectivity index (χ0v) is 5.15. The van der Waals surface area contributed by atoms with E-state index in [-0.39, 0.29) is 5.66 Å². The molecule has 46 valence electrons. The van der Waals surface area contributed by atoms with E-state index in [9.17, 15) is 0 Å². The summed E-state index contributed by atoms with van der Waals surface area (Å²) in [7, 11) is 0. The van der Waals surface area contributed by atoms with Crippen LogP contribution in [-0.2, 0) is 0 Å². The summed E-state index contributed by atoms with van der Waals surface area (Å²) in [6, 6.07) is 0. The Morgan fingerprint density at radius 2 is 2.38 bits per heavy atom. The molecule has 0 saturated heterocycles. The van der Waals surface area contributed by atoms with Gasteiger partial charge in [0.15, 0.2) is 0 Å². The molecule has 1 atom stereocenters. The average molecular weight is 112 g/mol. The molecule has 1 unspecified atom stereocenters. The Morgan fingerprint density at radius 1 is 1.62 bits per heavy atom. The molecule has 0 aromatic rings. The van der Waals surface area contributed by atoms with Crippen molar-refractivity contribution in [2.24, 2.45) is 5.73 Å². The van der Waals surface area contributed by atoms with Crippen LogP contribution in [0.3, 0.4) is 0 Å². The van der Waals surface area contributed by atoms with Crippen LogP contribution in [0.4, 0.5) is 0 Å². The zero-order chi connectivity index (χ0) is 6.04. The third-order valence-corrected chi connectivity index (χ3v) is 1.33. The van der Waals surface area contributed by atoms with Crippen molar-refractivity contribution < 1.29 is 0 Å². The molecular weight excluding hydrogens is 100 g/mol. The largest absolute Gasteiger partial charge is 0.313 e. The summed E-state index contributed by atoms with van der Waals surface area (Å²) in [5, 5.41) is 3.15. The van der Waals surface area contributed by atoms with E-state index in [1.807, 2.05) is 6.92 Å². The van der Waals surface area contributed by atoms with Gasteiger partial charge in [0, 0.05) is 6.54 Å². The van der Waals surface area contributed by atoms with Gasteiger partial charge in [-0.25, -0.2) is 0 Å². The topological polar surface area (TPSA) is 38.0 Å². The van der Waals surface area contributed by atoms with Gasteiger partial charge in [-0.15, -0.1) is 0 Å². The fourth-order valence-electron chi connectivity index (χ4n) is 0.776. The normalized spacial score (nSPS) is 37.8. The summed E-state index contributed by atoms with van der Waals surface area (Å²) >= 11 is 0. The van der Waals surface area contributed by atoms with Crippen molar-refractivity contribution >= 4 is 0 Å². The van der Waals surface area contributed by atoms with E-state index in [1.165, 1.54) is 0 Å². The second-order valence-electron chi connectivity index (χ2n) is 2.47. The highest BCUT2D eigenvalue weighted by molar-refractivity contribution is 4.98. The molecule has 1 aliphatic rings. The Hall–Kier alpha value is -0.340. The molecule has 0 radical (unpaired) electrons. The summed E-state index contributed by atoms with van der Waals surface area (Å²) in [6.07, 6.45) is 5.14. The van der Waals surface area contributed by atoms with Crippen LogP contribution in [0.1, 0.15) is 13.3 Å². The van der Waals surface area contributed by atoms with Gasteiger partial charge in [-0.3, -0.25) is 5.32 Å². The Bertz CT molecular complexity index is 105. The predicted octanol–water partition coefficient (Wildman–Crippen LogP) is 0.211. The molecule has 2 heteroatoms. The molecule has 2 nitrogen and oxygen atoms in total.